The van der Waals surface area contributed by atoms with Crippen LogP contribution < -0.4 is 11.5 Å². The van der Waals surface area contributed by atoms with Gasteiger partial charge in [0.15, 0.2) is 11.7 Å². The highest BCUT2D eigenvalue weighted by Crippen LogP contribution is 2.27. The number of hydrogen-bond acceptors (Lipinski definition) is 6. The number of hydrogen-bond donors (Lipinski definition) is 4. The minimum atomic E-state index is -0.875. The standard InChI is InChI=1S/C12H26N6O2/c1-5-11(6-2,9(13)15-19)17-18-12(7-3,8-4)10(14)16-20/h19-20H,5-8H2,1-4H3,(H2,13,15)(H2,14,16). The van der Waals surface area contributed by atoms with Gasteiger partial charge in [-0.1, -0.05) is 38.0 Å². The van der Waals surface area contributed by atoms with Gasteiger partial charge < -0.3 is 21.9 Å². The van der Waals surface area contributed by atoms with Crippen molar-refractivity contribution in [2.75, 3.05) is 0 Å². The summed E-state index contributed by atoms with van der Waals surface area (Å²) < 4.78 is 0. The van der Waals surface area contributed by atoms with Gasteiger partial charge in [-0.2, -0.15) is 10.2 Å². The first-order chi connectivity index (χ1) is 9.41. The molecule has 0 radical (unpaired) electrons. The average Bonchev–Trinajstić information content (AvgIpc) is 2.51. The van der Waals surface area contributed by atoms with Gasteiger partial charge in [0, 0.05) is 0 Å². The molecule has 0 bridgehead atoms. The molecule has 0 heterocycles. The van der Waals surface area contributed by atoms with Gasteiger partial charge >= 0.3 is 0 Å². The van der Waals surface area contributed by atoms with Gasteiger partial charge in [-0.15, -0.1) is 0 Å². The topological polar surface area (TPSA) is 142 Å². The fourth-order valence-electron chi connectivity index (χ4n) is 1.99. The van der Waals surface area contributed by atoms with Crippen LogP contribution in [0.25, 0.3) is 0 Å². The van der Waals surface area contributed by atoms with E-state index in [1.165, 1.54) is 0 Å². The molecule has 0 aliphatic heterocycles. The Morgan fingerprint density at radius 3 is 1.15 bits per heavy atom. The Balaban J connectivity index is 5.70. The van der Waals surface area contributed by atoms with E-state index in [1.807, 2.05) is 27.7 Å². The van der Waals surface area contributed by atoms with Gasteiger partial charge in [-0.05, 0) is 25.7 Å². The van der Waals surface area contributed by atoms with Crippen LogP contribution in [0.4, 0.5) is 0 Å². The predicted molar refractivity (Wildman–Crippen MR) is 78.3 cm³/mol. The minimum absolute atomic E-state index is 0.00636. The van der Waals surface area contributed by atoms with Crippen LogP contribution in [0, 0.1) is 0 Å². The summed E-state index contributed by atoms with van der Waals surface area (Å²) in [5.74, 6) is 0.0127. The second-order valence-corrected chi connectivity index (χ2v) is 4.65. The van der Waals surface area contributed by atoms with Gasteiger partial charge in [0.2, 0.25) is 0 Å². The lowest BCUT2D eigenvalue weighted by Crippen LogP contribution is -2.44. The molecule has 0 saturated carbocycles. The molecule has 8 nitrogen and oxygen atoms in total. The molecular formula is C12H26N6O2. The van der Waals surface area contributed by atoms with Crippen molar-refractivity contribution in [3.05, 3.63) is 0 Å². The second-order valence-electron chi connectivity index (χ2n) is 4.65. The third kappa shape index (κ3) is 3.37. The molecule has 116 valence electrons. The maximum Gasteiger partial charge on any atom is 0.169 e. The van der Waals surface area contributed by atoms with E-state index < -0.39 is 11.1 Å². The fourth-order valence-corrected chi connectivity index (χ4v) is 1.99. The number of nitrogens with zero attached hydrogens (tertiary/aromatic N) is 4. The van der Waals surface area contributed by atoms with Gasteiger partial charge in [0.1, 0.15) is 11.1 Å². The zero-order chi connectivity index (χ0) is 15.8. The van der Waals surface area contributed by atoms with Crippen LogP contribution in [0.5, 0.6) is 0 Å². The Hall–Kier alpha value is -1.86. The number of azo groups is 1. The van der Waals surface area contributed by atoms with Gasteiger partial charge in [0.25, 0.3) is 0 Å². The number of oxime groups is 2. The normalized spacial score (nSPS) is 15.0. The lowest BCUT2D eigenvalue weighted by Gasteiger charge is -2.29. The summed E-state index contributed by atoms with van der Waals surface area (Å²) in [6, 6.07) is 0. The van der Waals surface area contributed by atoms with Crippen molar-refractivity contribution in [2.24, 2.45) is 32.0 Å². The number of nitrogens with two attached hydrogens (primary N) is 2. The van der Waals surface area contributed by atoms with Crippen molar-refractivity contribution < 1.29 is 10.4 Å². The van der Waals surface area contributed by atoms with Crippen molar-refractivity contribution >= 4 is 11.7 Å². The molecular weight excluding hydrogens is 260 g/mol. The van der Waals surface area contributed by atoms with Crippen molar-refractivity contribution in [3.8, 4) is 0 Å². The molecule has 20 heavy (non-hydrogen) atoms. The molecule has 0 unspecified atom stereocenters. The van der Waals surface area contributed by atoms with Gasteiger partial charge in [0.05, 0.1) is 0 Å². The maximum atomic E-state index is 8.90. The van der Waals surface area contributed by atoms with E-state index in [4.69, 9.17) is 21.9 Å². The summed E-state index contributed by atoms with van der Waals surface area (Å²) in [6.07, 6.45) is 2.12. The highest BCUT2D eigenvalue weighted by Gasteiger charge is 2.36. The van der Waals surface area contributed by atoms with Crippen LogP contribution in [0.2, 0.25) is 0 Å². The predicted octanol–water partition coefficient (Wildman–Crippen LogP) is 2.05. The molecule has 0 spiro atoms. The first kappa shape index (κ1) is 18.1. The molecule has 0 aliphatic rings. The average molecular weight is 286 g/mol. The third-order valence-corrected chi connectivity index (χ3v) is 3.94. The summed E-state index contributed by atoms with van der Waals surface area (Å²) in [6.45, 7) is 7.51. The van der Waals surface area contributed by atoms with E-state index >= 15 is 0 Å². The first-order valence-corrected chi connectivity index (χ1v) is 6.81. The molecule has 0 aromatic carbocycles. The Morgan fingerprint density at radius 1 is 0.750 bits per heavy atom. The molecule has 0 rings (SSSR count). The van der Waals surface area contributed by atoms with Crippen LogP contribution in [0.1, 0.15) is 53.4 Å². The lowest BCUT2D eigenvalue weighted by molar-refractivity contribution is 0.303. The van der Waals surface area contributed by atoms with Crippen molar-refractivity contribution in [2.45, 2.75) is 64.5 Å². The lowest BCUT2D eigenvalue weighted by atomic mass is 9.91. The maximum absolute atomic E-state index is 8.90. The molecule has 0 amide bonds. The Kier molecular flexibility index (Phi) is 6.95. The summed E-state index contributed by atoms with van der Waals surface area (Å²) in [5, 5.41) is 32.5. The molecule has 0 atom stereocenters. The summed E-state index contributed by atoms with van der Waals surface area (Å²) in [7, 11) is 0. The zero-order valence-corrected chi connectivity index (χ0v) is 12.7. The van der Waals surface area contributed by atoms with E-state index in [2.05, 4.69) is 20.5 Å². The smallest absolute Gasteiger partial charge is 0.169 e. The second kappa shape index (κ2) is 7.66. The highest BCUT2D eigenvalue weighted by atomic mass is 16.4. The highest BCUT2D eigenvalue weighted by molar-refractivity contribution is 5.90. The van der Waals surface area contributed by atoms with Gasteiger partial charge in [-0.3, -0.25) is 0 Å². The largest absolute Gasteiger partial charge is 0.409 e. The van der Waals surface area contributed by atoms with E-state index in [0.717, 1.165) is 0 Å². The number of amidine groups is 2. The van der Waals surface area contributed by atoms with Crippen LogP contribution in [0.15, 0.2) is 20.5 Å². The van der Waals surface area contributed by atoms with Gasteiger partial charge in [-0.25, -0.2) is 0 Å². The molecule has 0 saturated heterocycles. The van der Waals surface area contributed by atoms with Crippen molar-refractivity contribution in [3.63, 3.8) is 0 Å². The zero-order valence-electron chi connectivity index (χ0n) is 12.7. The monoisotopic (exact) mass is 286 g/mol. The van der Waals surface area contributed by atoms with Crippen molar-refractivity contribution in [1.29, 1.82) is 0 Å². The first-order valence-electron chi connectivity index (χ1n) is 6.81. The van der Waals surface area contributed by atoms with E-state index in [0.29, 0.717) is 25.7 Å². The molecule has 0 fully saturated rings. The molecule has 0 aromatic heterocycles. The molecule has 0 aliphatic carbocycles. The van der Waals surface area contributed by atoms with Crippen LogP contribution in [0.3, 0.4) is 0 Å². The Morgan fingerprint density at radius 2 is 1.00 bits per heavy atom. The Labute approximate surface area is 119 Å². The third-order valence-electron chi connectivity index (χ3n) is 3.94. The van der Waals surface area contributed by atoms with Crippen LogP contribution >= 0.6 is 0 Å². The van der Waals surface area contributed by atoms with Crippen molar-refractivity contribution in [1.82, 2.24) is 0 Å². The van der Waals surface area contributed by atoms with E-state index in [1.54, 1.807) is 0 Å². The van der Waals surface area contributed by atoms with E-state index in [-0.39, 0.29) is 11.7 Å². The molecule has 0 aromatic rings. The number of rotatable bonds is 8. The van der Waals surface area contributed by atoms with E-state index in [9.17, 15) is 0 Å². The molecule has 6 N–H and O–H groups in total. The fraction of sp³-hybridized carbons (Fsp3) is 0.833. The van der Waals surface area contributed by atoms with Crippen LogP contribution in [-0.4, -0.2) is 33.2 Å². The van der Waals surface area contributed by atoms with Crippen LogP contribution in [-0.2, 0) is 0 Å². The minimum Gasteiger partial charge on any atom is -0.409 e. The Bertz CT molecular complexity index is 347. The summed E-state index contributed by atoms with van der Waals surface area (Å²) in [5.41, 5.74) is 9.71. The quantitative estimate of drug-likeness (QED) is 0.178. The SMILES string of the molecule is CCC(CC)(N=NC(CC)(CC)C(N)=NO)C(N)=NO. The molecule has 8 heteroatoms. The summed E-state index contributed by atoms with van der Waals surface area (Å²) in [4.78, 5) is 0. The summed E-state index contributed by atoms with van der Waals surface area (Å²) >= 11 is 0.